The zero-order chi connectivity index (χ0) is 15.7. The van der Waals surface area contributed by atoms with E-state index < -0.39 is 6.10 Å². The Balaban J connectivity index is 1.70. The van der Waals surface area contributed by atoms with Gasteiger partial charge >= 0.3 is 0 Å². The first-order valence-electron chi connectivity index (χ1n) is 8.00. The molecular formula is C17H23N3O2. The van der Waals surface area contributed by atoms with Crippen molar-refractivity contribution in [2.75, 3.05) is 5.32 Å². The summed E-state index contributed by atoms with van der Waals surface area (Å²) in [4.78, 5) is 19.9. The molecule has 22 heavy (non-hydrogen) atoms. The quantitative estimate of drug-likeness (QED) is 0.793. The van der Waals surface area contributed by atoms with Crippen molar-refractivity contribution >= 4 is 22.6 Å². The summed E-state index contributed by atoms with van der Waals surface area (Å²) in [6, 6.07) is 5.68. The Bertz CT molecular complexity index is 674. The molecule has 0 bridgehead atoms. The fourth-order valence-electron chi connectivity index (χ4n) is 2.62. The molecule has 1 atom stereocenters. The molecule has 1 heterocycles. The summed E-state index contributed by atoms with van der Waals surface area (Å²) >= 11 is 0. The summed E-state index contributed by atoms with van der Waals surface area (Å²) in [6.07, 6.45) is 3.20. The van der Waals surface area contributed by atoms with Crippen molar-refractivity contribution < 1.29 is 9.90 Å². The number of nitrogens with zero attached hydrogens (tertiary/aromatic N) is 1. The zero-order valence-corrected chi connectivity index (χ0v) is 13.1. The van der Waals surface area contributed by atoms with Crippen molar-refractivity contribution in [2.24, 2.45) is 5.92 Å². The molecule has 1 amide bonds. The molecule has 3 N–H and O–H groups in total. The molecule has 0 spiro atoms. The molecule has 0 aliphatic heterocycles. The van der Waals surface area contributed by atoms with Gasteiger partial charge in [0, 0.05) is 11.6 Å². The molecule has 5 nitrogen and oxygen atoms in total. The van der Waals surface area contributed by atoms with Crippen LogP contribution in [0.15, 0.2) is 18.2 Å². The van der Waals surface area contributed by atoms with Crippen LogP contribution in [0.25, 0.3) is 11.0 Å². The fraction of sp³-hybridized carbons (Fsp3) is 0.529. The van der Waals surface area contributed by atoms with Crippen molar-refractivity contribution in [2.45, 2.75) is 51.6 Å². The first kappa shape index (κ1) is 15.0. The lowest BCUT2D eigenvalue weighted by Crippen LogP contribution is -2.23. The Morgan fingerprint density at radius 3 is 2.86 bits per heavy atom. The lowest BCUT2D eigenvalue weighted by Gasteiger charge is -2.22. The summed E-state index contributed by atoms with van der Waals surface area (Å²) in [6.45, 7) is 3.80. The van der Waals surface area contributed by atoms with E-state index >= 15 is 0 Å². The summed E-state index contributed by atoms with van der Waals surface area (Å²) in [5.74, 6) is 1.52. The molecule has 1 unspecified atom stereocenters. The van der Waals surface area contributed by atoms with Crippen molar-refractivity contribution in [1.29, 1.82) is 0 Å². The summed E-state index contributed by atoms with van der Waals surface area (Å²) in [5, 5.41) is 12.6. The number of nitrogens with one attached hydrogen (secondary N) is 2. The molecule has 1 aromatic heterocycles. The Hall–Kier alpha value is -1.88. The van der Waals surface area contributed by atoms with E-state index in [1.54, 1.807) is 0 Å². The number of imidazole rings is 1. The third-order valence-corrected chi connectivity index (χ3v) is 4.44. The van der Waals surface area contributed by atoms with Crippen molar-refractivity contribution in [3.63, 3.8) is 0 Å². The lowest BCUT2D eigenvalue weighted by molar-refractivity contribution is -0.118. The molecule has 2 aromatic rings. The van der Waals surface area contributed by atoms with Crippen LogP contribution in [-0.4, -0.2) is 27.1 Å². The second-order valence-corrected chi connectivity index (χ2v) is 6.55. The van der Waals surface area contributed by atoms with E-state index in [4.69, 9.17) is 0 Å². The van der Waals surface area contributed by atoms with E-state index in [-0.39, 0.29) is 18.2 Å². The highest BCUT2D eigenvalue weighted by Gasteiger charge is 2.22. The number of hydrogen-bond acceptors (Lipinski definition) is 3. The molecule has 1 aromatic carbocycles. The van der Waals surface area contributed by atoms with E-state index in [0.717, 1.165) is 22.5 Å². The molecule has 3 rings (SSSR count). The number of aromatic amines is 1. The van der Waals surface area contributed by atoms with Crippen LogP contribution in [0.3, 0.4) is 0 Å². The van der Waals surface area contributed by atoms with Crippen molar-refractivity contribution in [1.82, 2.24) is 9.97 Å². The predicted molar refractivity (Wildman–Crippen MR) is 86.8 cm³/mol. The van der Waals surface area contributed by atoms with E-state index in [1.165, 1.54) is 19.3 Å². The Morgan fingerprint density at radius 1 is 1.45 bits per heavy atom. The number of rotatable bonds is 5. The highest BCUT2D eigenvalue weighted by atomic mass is 16.3. The third-order valence-electron chi connectivity index (χ3n) is 4.44. The van der Waals surface area contributed by atoms with Gasteiger partial charge < -0.3 is 15.4 Å². The van der Waals surface area contributed by atoms with Crippen LogP contribution < -0.4 is 5.32 Å². The predicted octanol–water partition coefficient (Wildman–Crippen LogP) is 3.18. The molecule has 118 valence electrons. The van der Waals surface area contributed by atoms with Crippen LogP contribution in [0.4, 0.5) is 5.69 Å². The molecule has 1 aliphatic carbocycles. The molecule has 1 saturated carbocycles. The minimum absolute atomic E-state index is 0.0749. The normalized spacial score (nSPS) is 16.7. The molecule has 1 aliphatic rings. The van der Waals surface area contributed by atoms with E-state index in [0.29, 0.717) is 5.92 Å². The number of benzene rings is 1. The zero-order valence-electron chi connectivity index (χ0n) is 13.1. The van der Waals surface area contributed by atoms with Crippen LogP contribution >= 0.6 is 0 Å². The number of hydrogen-bond donors (Lipinski definition) is 3. The average molecular weight is 301 g/mol. The van der Waals surface area contributed by atoms with Gasteiger partial charge in [-0.2, -0.15) is 0 Å². The SMILES string of the molecule is CC(C)C(O)CC(=O)Nc1ccc2nc(C3CCC3)[nH]c2c1. The third kappa shape index (κ3) is 3.14. The highest BCUT2D eigenvalue weighted by Crippen LogP contribution is 2.35. The topological polar surface area (TPSA) is 78.0 Å². The number of anilines is 1. The second-order valence-electron chi connectivity index (χ2n) is 6.55. The number of carbonyl (C=O) groups is 1. The van der Waals surface area contributed by atoms with E-state index in [9.17, 15) is 9.90 Å². The van der Waals surface area contributed by atoms with Crippen LogP contribution in [0.2, 0.25) is 0 Å². The Kier molecular flexibility index (Phi) is 4.16. The Labute approximate surface area is 130 Å². The molecule has 5 heteroatoms. The molecular weight excluding hydrogens is 278 g/mol. The van der Waals surface area contributed by atoms with Crippen LogP contribution in [0, 0.1) is 5.92 Å². The van der Waals surface area contributed by atoms with E-state index in [2.05, 4.69) is 15.3 Å². The van der Waals surface area contributed by atoms with E-state index in [1.807, 2.05) is 32.0 Å². The number of aliphatic hydroxyl groups is 1. The number of carbonyl (C=O) groups excluding carboxylic acids is 1. The minimum Gasteiger partial charge on any atom is -0.392 e. The maximum atomic E-state index is 11.9. The second kappa shape index (κ2) is 6.08. The first-order valence-corrected chi connectivity index (χ1v) is 8.00. The fourth-order valence-corrected chi connectivity index (χ4v) is 2.62. The summed E-state index contributed by atoms with van der Waals surface area (Å²) in [5.41, 5.74) is 2.61. The monoisotopic (exact) mass is 301 g/mol. The number of fused-ring (bicyclic) bond motifs is 1. The largest absolute Gasteiger partial charge is 0.392 e. The van der Waals surface area contributed by atoms with Gasteiger partial charge in [0.2, 0.25) is 5.91 Å². The average Bonchev–Trinajstić information content (AvgIpc) is 2.78. The van der Waals surface area contributed by atoms with Crippen LogP contribution in [0.5, 0.6) is 0 Å². The highest BCUT2D eigenvalue weighted by molar-refractivity contribution is 5.93. The van der Waals surface area contributed by atoms with Crippen LogP contribution in [-0.2, 0) is 4.79 Å². The minimum atomic E-state index is -0.610. The smallest absolute Gasteiger partial charge is 0.226 e. The van der Waals surface area contributed by atoms with Crippen molar-refractivity contribution in [3.05, 3.63) is 24.0 Å². The molecule has 0 saturated heterocycles. The van der Waals surface area contributed by atoms with Gasteiger partial charge in [0.05, 0.1) is 23.6 Å². The number of aromatic nitrogens is 2. The summed E-state index contributed by atoms with van der Waals surface area (Å²) < 4.78 is 0. The maximum Gasteiger partial charge on any atom is 0.226 e. The number of aliphatic hydroxyl groups excluding tert-OH is 1. The van der Waals surface area contributed by atoms with Gasteiger partial charge in [-0.25, -0.2) is 4.98 Å². The van der Waals surface area contributed by atoms with Gasteiger partial charge in [0.1, 0.15) is 5.82 Å². The summed E-state index contributed by atoms with van der Waals surface area (Å²) in [7, 11) is 0. The van der Waals surface area contributed by atoms with Crippen molar-refractivity contribution in [3.8, 4) is 0 Å². The van der Waals surface area contributed by atoms with Gasteiger partial charge in [0.15, 0.2) is 0 Å². The number of amides is 1. The van der Waals surface area contributed by atoms with Gasteiger partial charge in [0.25, 0.3) is 0 Å². The Morgan fingerprint density at radius 2 is 2.23 bits per heavy atom. The van der Waals surface area contributed by atoms with Crippen LogP contribution in [0.1, 0.15) is 51.3 Å². The molecule has 0 radical (unpaired) electrons. The molecule has 1 fully saturated rings. The van der Waals surface area contributed by atoms with Gasteiger partial charge in [-0.3, -0.25) is 4.79 Å². The van der Waals surface area contributed by atoms with Gasteiger partial charge in [-0.05, 0) is 37.0 Å². The lowest BCUT2D eigenvalue weighted by atomic mass is 9.85. The van der Waals surface area contributed by atoms with Gasteiger partial charge in [-0.15, -0.1) is 0 Å². The van der Waals surface area contributed by atoms with Gasteiger partial charge in [-0.1, -0.05) is 20.3 Å². The first-order chi connectivity index (χ1) is 10.5. The standard InChI is InChI=1S/C17H23N3O2/c1-10(2)15(21)9-16(22)18-12-6-7-13-14(8-12)20-17(19-13)11-4-3-5-11/h6-8,10-11,15,21H,3-5,9H2,1-2H3,(H,18,22)(H,19,20). The maximum absolute atomic E-state index is 11.9. The number of H-pyrrole nitrogens is 1.